The van der Waals surface area contributed by atoms with Crippen molar-refractivity contribution in [3.63, 3.8) is 0 Å². The second-order valence-corrected chi connectivity index (χ2v) is 14.0. The van der Waals surface area contributed by atoms with Crippen molar-refractivity contribution in [1.29, 1.82) is 0 Å². The lowest BCUT2D eigenvalue weighted by molar-refractivity contribution is -0.258. The summed E-state index contributed by atoms with van der Waals surface area (Å²) in [6, 6.07) is 3.65. The van der Waals surface area contributed by atoms with Gasteiger partial charge in [0.05, 0.1) is 10.9 Å². The van der Waals surface area contributed by atoms with E-state index in [0.29, 0.717) is 19.0 Å². The van der Waals surface area contributed by atoms with E-state index in [1.54, 1.807) is 39.8 Å². The first-order valence-corrected chi connectivity index (χ1v) is 15.4. The first kappa shape index (κ1) is 32.1. The number of alkyl halides is 3. The average Bonchev–Trinajstić information content (AvgIpc) is 3.07. The van der Waals surface area contributed by atoms with Gasteiger partial charge in [0.25, 0.3) is 5.91 Å². The zero-order valence-corrected chi connectivity index (χ0v) is 25.7. The molecule has 9 nitrogen and oxygen atoms in total. The molecule has 14 heteroatoms. The Morgan fingerprint density at radius 1 is 1.12 bits per heavy atom. The van der Waals surface area contributed by atoms with Gasteiger partial charge in [-0.1, -0.05) is 36.5 Å². The highest BCUT2D eigenvalue weighted by Crippen LogP contribution is 2.39. The van der Waals surface area contributed by atoms with E-state index in [0.717, 1.165) is 0 Å². The number of carbonyl (C=O) groups excluding carboxylic acids is 2. The molecule has 1 unspecified atom stereocenters. The molecule has 2 aliphatic heterocycles. The van der Waals surface area contributed by atoms with Crippen molar-refractivity contribution in [2.24, 2.45) is 0 Å². The van der Waals surface area contributed by atoms with E-state index in [2.05, 4.69) is 0 Å². The second-order valence-electron chi connectivity index (χ2n) is 11.6. The largest absolute Gasteiger partial charge is 0.421 e. The third-order valence-corrected chi connectivity index (χ3v) is 10.6. The number of aliphatic hydroxyl groups is 1. The number of urea groups is 1. The molecule has 0 saturated carbocycles. The Bertz CT molecular complexity index is 1440. The van der Waals surface area contributed by atoms with Crippen LogP contribution in [0.1, 0.15) is 46.6 Å². The van der Waals surface area contributed by atoms with Crippen molar-refractivity contribution in [1.82, 2.24) is 14.1 Å². The standard InChI is InChI=1S/C28H35F3N4O5S2/c1-18(2)35-24(36)26(3,4)34(25(35)37)17-21-16-32(42(39,40)23-9-7-6-8-22(23)41)14-15-33(21)20-12-10-19(11-13-20)27(5,38)28(29,30)31/h6-7,9-13,18,21,38H,8,14-17H2,1-5H3/t21-,27?/m1/s1. The molecule has 1 N–H and O–H groups in total. The fraction of sp³-hybridized carbons (Fsp3) is 0.536. The molecule has 230 valence electrons. The number of nitrogens with zero attached hydrogens (tertiary/aromatic N) is 4. The predicted molar refractivity (Wildman–Crippen MR) is 156 cm³/mol. The number of halogens is 3. The minimum atomic E-state index is -4.89. The van der Waals surface area contributed by atoms with Crippen LogP contribution in [-0.4, -0.2) is 94.4 Å². The van der Waals surface area contributed by atoms with E-state index in [1.807, 2.05) is 4.90 Å². The average molecular weight is 629 g/mol. The van der Waals surface area contributed by atoms with E-state index < -0.39 is 45.5 Å². The van der Waals surface area contributed by atoms with Gasteiger partial charge >= 0.3 is 12.2 Å². The molecule has 2 heterocycles. The molecule has 2 atom stereocenters. The maximum absolute atomic E-state index is 13.7. The fourth-order valence-electron chi connectivity index (χ4n) is 5.41. The Morgan fingerprint density at radius 2 is 1.74 bits per heavy atom. The molecule has 42 heavy (non-hydrogen) atoms. The van der Waals surface area contributed by atoms with Crippen LogP contribution in [-0.2, 0) is 20.4 Å². The van der Waals surface area contributed by atoms with Crippen LogP contribution in [0.5, 0.6) is 0 Å². The van der Waals surface area contributed by atoms with Gasteiger partial charge in [-0.25, -0.2) is 13.2 Å². The summed E-state index contributed by atoms with van der Waals surface area (Å²) in [4.78, 5) is 31.3. The van der Waals surface area contributed by atoms with E-state index in [9.17, 15) is 36.3 Å². The zero-order valence-electron chi connectivity index (χ0n) is 24.1. The first-order valence-electron chi connectivity index (χ1n) is 13.5. The normalized spacial score (nSPS) is 23.6. The number of carbonyl (C=O) groups is 2. The van der Waals surface area contributed by atoms with Gasteiger partial charge in [-0.15, -0.1) is 0 Å². The first-order chi connectivity index (χ1) is 19.3. The number of rotatable bonds is 7. The van der Waals surface area contributed by atoms with Crippen molar-refractivity contribution < 1.29 is 36.3 Å². The van der Waals surface area contributed by atoms with E-state index in [1.165, 1.54) is 44.4 Å². The lowest BCUT2D eigenvalue weighted by Gasteiger charge is -2.45. The topological polar surface area (TPSA) is 101 Å². The smallest absolute Gasteiger partial charge is 0.376 e. The van der Waals surface area contributed by atoms with Crippen LogP contribution >= 0.6 is 12.2 Å². The number of imide groups is 1. The molecule has 1 aliphatic carbocycles. The maximum atomic E-state index is 13.7. The third kappa shape index (κ3) is 5.49. The Hall–Kier alpha value is -2.81. The summed E-state index contributed by atoms with van der Waals surface area (Å²) >= 11 is 5.32. The SMILES string of the molecule is CC(C)N1C(=O)N(C[C@H]2CN(S(=O)(=O)C3=CC=CCC3=S)CCN2c2ccc(C(C)(O)C(F)(F)F)cc2)C(C)(C)C1=O. The highest BCUT2D eigenvalue weighted by atomic mass is 32.2. The number of sulfonamides is 1. The van der Waals surface area contributed by atoms with Crippen molar-refractivity contribution in [3.05, 3.63) is 53.0 Å². The second kappa shape index (κ2) is 11.0. The lowest BCUT2D eigenvalue weighted by atomic mass is 9.95. The Labute approximate surface area is 249 Å². The number of allylic oxidation sites excluding steroid dienone is 4. The monoisotopic (exact) mass is 628 g/mol. The number of thiocarbonyl (C=S) groups is 1. The van der Waals surface area contributed by atoms with Crippen LogP contribution < -0.4 is 4.90 Å². The highest BCUT2D eigenvalue weighted by Gasteiger charge is 2.54. The summed E-state index contributed by atoms with van der Waals surface area (Å²) in [5, 5.41) is 10.1. The number of piperazine rings is 1. The van der Waals surface area contributed by atoms with Gasteiger partial charge in [-0.3, -0.25) is 9.69 Å². The molecule has 1 aromatic carbocycles. The van der Waals surface area contributed by atoms with Gasteiger partial charge in [0.15, 0.2) is 5.60 Å². The van der Waals surface area contributed by atoms with Gasteiger partial charge < -0.3 is 14.9 Å². The minimum absolute atomic E-state index is 0.0295. The van der Waals surface area contributed by atoms with Gasteiger partial charge in [0, 0.05) is 49.2 Å². The fourth-order valence-corrected chi connectivity index (χ4v) is 7.48. The van der Waals surface area contributed by atoms with Gasteiger partial charge in [0.1, 0.15) is 5.54 Å². The Morgan fingerprint density at radius 3 is 2.26 bits per heavy atom. The summed E-state index contributed by atoms with van der Waals surface area (Å²) < 4.78 is 68.9. The van der Waals surface area contributed by atoms with Crippen molar-refractivity contribution >= 4 is 44.7 Å². The predicted octanol–water partition coefficient (Wildman–Crippen LogP) is 3.94. The van der Waals surface area contributed by atoms with Crippen LogP contribution in [0, 0.1) is 0 Å². The van der Waals surface area contributed by atoms with E-state index >= 15 is 0 Å². The van der Waals surface area contributed by atoms with E-state index in [4.69, 9.17) is 12.2 Å². The molecule has 2 saturated heterocycles. The molecule has 3 amide bonds. The summed E-state index contributed by atoms with van der Waals surface area (Å²) in [6.45, 7) is 7.49. The molecular formula is C28H35F3N4O5S2. The van der Waals surface area contributed by atoms with Crippen LogP contribution in [0.25, 0.3) is 0 Å². The summed E-state index contributed by atoms with van der Waals surface area (Å²) in [6.07, 6.45) is 0.282. The van der Waals surface area contributed by atoms with Crippen LogP contribution in [0.2, 0.25) is 0 Å². The number of anilines is 1. The maximum Gasteiger partial charge on any atom is 0.421 e. The molecule has 3 aliphatic rings. The Balaban J connectivity index is 1.71. The number of amides is 3. The van der Waals surface area contributed by atoms with Gasteiger partial charge in [0.2, 0.25) is 10.0 Å². The number of hydrogen-bond acceptors (Lipinski definition) is 7. The number of benzene rings is 1. The molecule has 0 radical (unpaired) electrons. The summed E-state index contributed by atoms with van der Waals surface area (Å²) in [5.74, 6) is -0.377. The summed E-state index contributed by atoms with van der Waals surface area (Å²) in [5.41, 5.74) is -4.14. The molecule has 1 aromatic rings. The Kier molecular flexibility index (Phi) is 8.44. The quantitative estimate of drug-likeness (QED) is 0.361. The lowest BCUT2D eigenvalue weighted by Crippen LogP contribution is -2.60. The van der Waals surface area contributed by atoms with Gasteiger partial charge in [-0.05, 0) is 58.4 Å². The molecular weight excluding hydrogens is 593 g/mol. The molecule has 0 spiro atoms. The molecule has 0 bridgehead atoms. The summed E-state index contributed by atoms with van der Waals surface area (Å²) in [7, 11) is -3.99. The van der Waals surface area contributed by atoms with Crippen LogP contribution in [0.4, 0.5) is 23.7 Å². The van der Waals surface area contributed by atoms with Crippen LogP contribution in [0.15, 0.2) is 47.4 Å². The van der Waals surface area contributed by atoms with Crippen molar-refractivity contribution in [2.45, 2.75) is 70.4 Å². The zero-order chi connectivity index (χ0) is 31.4. The molecule has 4 rings (SSSR count). The minimum Gasteiger partial charge on any atom is -0.376 e. The highest BCUT2D eigenvalue weighted by molar-refractivity contribution is 7.96. The van der Waals surface area contributed by atoms with E-state index in [-0.39, 0.29) is 47.4 Å². The van der Waals surface area contributed by atoms with Crippen LogP contribution in [0.3, 0.4) is 0 Å². The number of hydrogen-bond donors (Lipinski definition) is 1. The van der Waals surface area contributed by atoms with Crippen molar-refractivity contribution in [2.75, 3.05) is 31.1 Å². The van der Waals surface area contributed by atoms with Gasteiger partial charge in [-0.2, -0.15) is 17.5 Å². The third-order valence-electron chi connectivity index (χ3n) is 8.10. The molecule has 0 aromatic heterocycles. The molecule has 2 fully saturated rings. The van der Waals surface area contributed by atoms with Crippen molar-refractivity contribution in [3.8, 4) is 0 Å².